The molecule has 1 fully saturated rings. The van der Waals surface area contributed by atoms with Crippen LogP contribution < -0.4 is 5.73 Å². The molecule has 3 heteroatoms. The summed E-state index contributed by atoms with van der Waals surface area (Å²) in [6.07, 6.45) is 3.62. The van der Waals surface area contributed by atoms with E-state index in [-0.39, 0.29) is 0 Å². The lowest BCUT2D eigenvalue weighted by molar-refractivity contribution is 0.135. The van der Waals surface area contributed by atoms with E-state index in [1.807, 2.05) is 0 Å². The number of hydrogen-bond acceptors (Lipinski definition) is 3. The molecule has 0 saturated carbocycles. The van der Waals surface area contributed by atoms with Gasteiger partial charge in [-0.25, -0.2) is 0 Å². The van der Waals surface area contributed by atoms with Crippen molar-refractivity contribution in [2.45, 2.75) is 25.3 Å². The highest BCUT2D eigenvalue weighted by Crippen LogP contribution is 2.12. The van der Waals surface area contributed by atoms with Gasteiger partial charge >= 0.3 is 0 Å². The lowest BCUT2D eigenvalue weighted by atomic mass is 10.1. The standard InChI is InChI=1S/C9H20N2O/c1-11(6-5-10)9-3-2-7-12-8-4-9/h9H,2-8,10H2,1H3. The molecule has 1 unspecified atom stereocenters. The van der Waals surface area contributed by atoms with Crippen LogP contribution in [0, 0.1) is 0 Å². The summed E-state index contributed by atoms with van der Waals surface area (Å²) in [7, 11) is 2.16. The van der Waals surface area contributed by atoms with Gasteiger partial charge in [0.2, 0.25) is 0 Å². The van der Waals surface area contributed by atoms with Gasteiger partial charge in [-0.2, -0.15) is 0 Å². The molecule has 1 heterocycles. The first-order chi connectivity index (χ1) is 5.84. The van der Waals surface area contributed by atoms with Crippen molar-refractivity contribution in [3.8, 4) is 0 Å². The summed E-state index contributed by atoms with van der Waals surface area (Å²) in [6, 6.07) is 0.691. The number of nitrogens with two attached hydrogens (primary N) is 1. The smallest absolute Gasteiger partial charge is 0.0480 e. The van der Waals surface area contributed by atoms with Gasteiger partial charge < -0.3 is 15.4 Å². The second kappa shape index (κ2) is 5.51. The molecule has 2 N–H and O–H groups in total. The molecule has 1 atom stereocenters. The second-order valence-corrected chi connectivity index (χ2v) is 3.47. The molecule has 0 aliphatic carbocycles. The van der Waals surface area contributed by atoms with Gasteiger partial charge in [-0.1, -0.05) is 0 Å². The monoisotopic (exact) mass is 172 g/mol. The SMILES string of the molecule is CN(CCN)C1CCCOCC1. The molecule has 12 heavy (non-hydrogen) atoms. The third-order valence-electron chi connectivity index (χ3n) is 2.53. The van der Waals surface area contributed by atoms with Gasteiger partial charge in [-0.15, -0.1) is 0 Å². The number of likely N-dealkylation sites (N-methyl/N-ethyl adjacent to an activating group) is 1. The minimum Gasteiger partial charge on any atom is -0.381 e. The van der Waals surface area contributed by atoms with E-state index >= 15 is 0 Å². The summed E-state index contributed by atoms with van der Waals surface area (Å²) in [5, 5.41) is 0. The Labute approximate surface area is 74.9 Å². The van der Waals surface area contributed by atoms with Gasteiger partial charge in [0.25, 0.3) is 0 Å². The molecule has 0 bridgehead atoms. The van der Waals surface area contributed by atoms with Crippen LogP contribution in [0.25, 0.3) is 0 Å². The second-order valence-electron chi connectivity index (χ2n) is 3.47. The van der Waals surface area contributed by atoms with Crippen molar-refractivity contribution in [3.63, 3.8) is 0 Å². The Balaban J connectivity index is 2.27. The first-order valence-corrected chi connectivity index (χ1v) is 4.82. The predicted octanol–water partition coefficient (Wildman–Crippen LogP) is 0.446. The van der Waals surface area contributed by atoms with Crippen LogP contribution in [-0.4, -0.2) is 44.3 Å². The Bertz CT molecular complexity index is 111. The fraction of sp³-hybridized carbons (Fsp3) is 1.00. The summed E-state index contributed by atoms with van der Waals surface area (Å²) in [4.78, 5) is 2.36. The number of rotatable bonds is 3. The summed E-state index contributed by atoms with van der Waals surface area (Å²) in [5.74, 6) is 0. The zero-order valence-electron chi connectivity index (χ0n) is 7.96. The Morgan fingerprint density at radius 3 is 3.00 bits per heavy atom. The lowest BCUT2D eigenvalue weighted by Crippen LogP contribution is -2.35. The Morgan fingerprint density at radius 2 is 2.25 bits per heavy atom. The van der Waals surface area contributed by atoms with Crippen LogP contribution >= 0.6 is 0 Å². The molecule has 0 aromatic rings. The van der Waals surface area contributed by atoms with E-state index in [4.69, 9.17) is 10.5 Å². The van der Waals surface area contributed by atoms with Crippen LogP contribution in [0.3, 0.4) is 0 Å². The van der Waals surface area contributed by atoms with E-state index in [0.29, 0.717) is 6.04 Å². The molecule has 1 aliphatic heterocycles. The summed E-state index contributed by atoms with van der Waals surface area (Å²) in [5.41, 5.74) is 5.50. The predicted molar refractivity (Wildman–Crippen MR) is 50.1 cm³/mol. The van der Waals surface area contributed by atoms with Crippen molar-refractivity contribution >= 4 is 0 Å². The van der Waals surface area contributed by atoms with Crippen molar-refractivity contribution in [1.29, 1.82) is 0 Å². The maximum absolute atomic E-state index is 5.50. The highest BCUT2D eigenvalue weighted by molar-refractivity contribution is 4.70. The van der Waals surface area contributed by atoms with Crippen molar-refractivity contribution in [1.82, 2.24) is 4.90 Å². The molecule has 0 aromatic heterocycles. The average molecular weight is 172 g/mol. The van der Waals surface area contributed by atoms with Crippen molar-refractivity contribution in [2.24, 2.45) is 5.73 Å². The van der Waals surface area contributed by atoms with E-state index < -0.39 is 0 Å². The van der Waals surface area contributed by atoms with Gasteiger partial charge in [-0.3, -0.25) is 0 Å². The van der Waals surface area contributed by atoms with E-state index in [9.17, 15) is 0 Å². The zero-order valence-corrected chi connectivity index (χ0v) is 7.96. The third-order valence-corrected chi connectivity index (χ3v) is 2.53. The largest absolute Gasteiger partial charge is 0.381 e. The van der Waals surface area contributed by atoms with Crippen molar-refractivity contribution < 1.29 is 4.74 Å². The van der Waals surface area contributed by atoms with Crippen LogP contribution in [0.4, 0.5) is 0 Å². The van der Waals surface area contributed by atoms with E-state index in [1.54, 1.807) is 0 Å². The van der Waals surface area contributed by atoms with Crippen LogP contribution in [0.15, 0.2) is 0 Å². The van der Waals surface area contributed by atoms with Crippen LogP contribution in [0.2, 0.25) is 0 Å². The maximum atomic E-state index is 5.50. The van der Waals surface area contributed by atoms with Gasteiger partial charge in [0.15, 0.2) is 0 Å². The molecule has 72 valence electrons. The van der Waals surface area contributed by atoms with Gasteiger partial charge in [0, 0.05) is 32.3 Å². The summed E-state index contributed by atoms with van der Waals surface area (Å²) >= 11 is 0. The highest BCUT2D eigenvalue weighted by atomic mass is 16.5. The minimum atomic E-state index is 0.691. The normalized spacial score (nSPS) is 25.8. The number of nitrogens with zero attached hydrogens (tertiary/aromatic N) is 1. The molecule has 1 saturated heterocycles. The molecular weight excluding hydrogens is 152 g/mol. The summed E-state index contributed by atoms with van der Waals surface area (Å²) < 4.78 is 5.40. The van der Waals surface area contributed by atoms with Gasteiger partial charge in [0.05, 0.1) is 0 Å². The highest BCUT2D eigenvalue weighted by Gasteiger charge is 2.15. The Morgan fingerprint density at radius 1 is 1.42 bits per heavy atom. The Hall–Kier alpha value is -0.120. The molecule has 0 aromatic carbocycles. The quantitative estimate of drug-likeness (QED) is 0.671. The van der Waals surface area contributed by atoms with Crippen molar-refractivity contribution in [3.05, 3.63) is 0 Å². The van der Waals surface area contributed by atoms with E-state index in [2.05, 4.69) is 11.9 Å². The fourth-order valence-electron chi connectivity index (χ4n) is 1.71. The van der Waals surface area contributed by atoms with Crippen LogP contribution in [0.1, 0.15) is 19.3 Å². The van der Waals surface area contributed by atoms with Crippen LogP contribution in [0.5, 0.6) is 0 Å². The average Bonchev–Trinajstić information content (AvgIpc) is 2.32. The molecule has 0 radical (unpaired) electrons. The number of ether oxygens (including phenoxy) is 1. The summed E-state index contributed by atoms with van der Waals surface area (Å²) in [6.45, 7) is 3.62. The first-order valence-electron chi connectivity index (χ1n) is 4.82. The Kier molecular flexibility index (Phi) is 4.58. The third kappa shape index (κ3) is 3.09. The molecule has 3 nitrogen and oxygen atoms in total. The molecule has 1 rings (SSSR count). The van der Waals surface area contributed by atoms with E-state index in [1.165, 1.54) is 12.8 Å². The van der Waals surface area contributed by atoms with E-state index in [0.717, 1.165) is 32.7 Å². The van der Waals surface area contributed by atoms with Gasteiger partial charge in [-0.05, 0) is 26.3 Å². The van der Waals surface area contributed by atoms with Crippen LogP contribution in [-0.2, 0) is 4.74 Å². The van der Waals surface area contributed by atoms with Crippen molar-refractivity contribution in [2.75, 3.05) is 33.4 Å². The molecule has 1 aliphatic rings. The molecule has 0 amide bonds. The zero-order chi connectivity index (χ0) is 8.81. The maximum Gasteiger partial charge on any atom is 0.0480 e. The van der Waals surface area contributed by atoms with Gasteiger partial charge in [0.1, 0.15) is 0 Å². The lowest BCUT2D eigenvalue weighted by Gasteiger charge is -2.25. The first kappa shape index (κ1) is 9.96. The molecular formula is C9H20N2O. The topological polar surface area (TPSA) is 38.5 Å². The number of hydrogen-bond donors (Lipinski definition) is 1. The molecule has 0 spiro atoms. The minimum absolute atomic E-state index is 0.691. The fourth-order valence-corrected chi connectivity index (χ4v) is 1.71.